The van der Waals surface area contributed by atoms with Crippen molar-refractivity contribution in [2.75, 3.05) is 13.1 Å². The molecule has 1 aliphatic heterocycles. The van der Waals surface area contributed by atoms with Crippen LogP contribution < -0.4 is 11.1 Å². The SMILES string of the molecule is Cc1ccc2c(C3CC(CN)CN3)nc(-c3ccc(O)cc3F)nc2c1. The average molecular weight is 352 g/mol. The van der Waals surface area contributed by atoms with Crippen LogP contribution in [0.2, 0.25) is 0 Å². The maximum atomic E-state index is 14.4. The molecule has 1 aromatic heterocycles. The Bertz CT molecular complexity index is 975. The molecule has 0 radical (unpaired) electrons. The lowest BCUT2D eigenvalue weighted by atomic mass is 10.00. The first-order valence-electron chi connectivity index (χ1n) is 8.76. The van der Waals surface area contributed by atoms with Crippen molar-refractivity contribution < 1.29 is 9.50 Å². The third-order valence-electron chi connectivity index (χ3n) is 4.96. The molecule has 6 heteroatoms. The summed E-state index contributed by atoms with van der Waals surface area (Å²) in [6, 6.07) is 10.1. The van der Waals surface area contributed by atoms with E-state index in [4.69, 9.17) is 10.7 Å². The molecule has 3 aromatic rings. The molecule has 0 saturated carbocycles. The molecule has 4 rings (SSSR count). The second-order valence-corrected chi connectivity index (χ2v) is 6.92. The Morgan fingerprint density at radius 3 is 2.81 bits per heavy atom. The number of phenolic OH excluding ortho intramolecular Hbond substituents is 1. The summed E-state index contributed by atoms with van der Waals surface area (Å²) in [4.78, 5) is 9.29. The molecule has 1 saturated heterocycles. The normalized spacial score (nSPS) is 20.0. The smallest absolute Gasteiger partial charge is 0.163 e. The highest BCUT2D eigenvalue weighted by Gasteiger charge is 2.27. The van der Waals surface area contributed by atoms with E-state index in [9.17, 15) is 9.50 Å². The van der Waals surface area contributed by atoms with Gasteiger partial charge in [-0.25, -0.2) is 14.4 Å². The van der Waals surface area contributed by atoms with E-state index in [0.29, 0.717) is 18.3 Å². The van der Waals surface area contributed by atoms with Gasteiger partial charge in [0, 0.05) is 11.5 Å². The highest BCUT2D eigenvalue weighted by atomic mass is 19.1. The minimum atomic E-state index is -0.540. The number of phenols is 1. The molecule has 0 amide bonds. The molecule has 2 unspecified atom stereocenters. The van der Waals surface area contributed by atoms with Crippen molar-refractivity contribution in [3.8, 4) is 17.1 Å². The third kappa shape index (κ3) is 3.02. The van der Waals surface area contributed by atoms with Crippen LogP contribution in [-0.2, 0) is 0 Å². The molecular weight excluding hydrogens is 331 g/mol. The maximum absolute atomic E-state index is 14.4. The first-order valence-corrected chi connectivity index (χ1v) is 8.76. The number of benzene rings is 2. The molecule has 2 heterocycles. The van der Waals surface area contributed by atoms with Gasteiger partial charge < -0.3 is 16.2 Å². The van der Waals surface area contributed by atoms with E-state index in [-0.39, 0.29) is 17.4 Å². The molecule has 1 fully saturated rings. The average Bonchev–Trinajstić information content (AvgIpc) is 3.09. The van der Waals surface area contributed by atoms with E-state index >= 15 is 0 Å². The zero-order valence-corrected chi connectivity index (χ0v) is 14.5. The van der Waals surface area contributed by atoms with E-state index in [2.05, 4.69) is 10.3 Å². The van der Waals surface area contributed by atoms with Gasteiger partial charge in [-0.15, -0.1) is 0 Å². The van der Waals surface area contributed by atoms with Crippen molar-refractivity contribution in [3.63, 3.8) is 0 Å². The fourth-order valence-corrected chi connectivity index (χ4v) is 3.53. The third-order valence-corrected chi connectivity index (χ3v) is 4.96. The first kappa shape index (κ1) is 16.9. The highest BCUT2D eigenvalue weighted by molar-refractivity contribution is 5.84. The van der Waals surface area contributed by atoms with Gasteiger partial charge in [0.15, 0.2) is 5.82 Å². The fraction of sp³-hybridized carbons (Fsp3) is 0.300. The molecule has 2 aromatic carbocycles. The van der Waals surface area contributed by atoms with Crippen LogP contribution in [0.25, 0.3) is 22.3 Å². The summed E-state index contributed by atoms with van der Waals surface area (Å²) in [5, 5.41) is 13.9. The Hall–Kier alpha value is -2.57. The van der Waals surface area contributed by atoms with Crippen LogP contribution in [0.3, 0.4) is 0 Å². The van der Waals surface area contributed by atoms with Crippen molar-refractivity contribution in [1.82, 2.24) is 15.3 Å². The summed E-state index contributed by atoms with van der Waals surface area (Å²) >= 11 is 0. The molecule has 5 nitrogen and oxygen atoms in total. The van der Waals surface area contributed by atoms with E-state index in [0.717, 1.165) is 41.2 Å². The highest BCUT2D eigenvalue weighted by Crippen LogP contribution is 2.33. The topological polar surface area (TPSA) is 84.1 Å². The Balaban J connectivity index is 1.89. The van der Waals surface area contributed by atoms with Crippen LogP contribution in [0.15, 0.2) is 36.4 Å². The van der Waals surface area contributed by atoms with Gasteiger partial charge in [0.25, 0.3) is 0 Å². The van der Waals surface area contributed by atoms with Gasteiger partial charge in [0.1, 0.15) is 11.6 Å². The Morgan fingerprint density at radius 2 is 2.08 bits per heavy atom. The number of aromatic hydroxyl groups is 1. The number of halogens is 1. The molecule has 134 valence electrons. The number of aromatic nitrogens is 2. The quantitative estimate of drug-likeness (QED) is 0.675. The fourth-order valence-electron chi connectivity index (χ4n) is 3.53. The number of hydrogen-bond acceptors (Lipinski definition) is 5. The van der Waals surface area contributed by atoms with E-state index in [1.165, 1.54) is 12.1 Å². The zero-order chi connectivity index (χ0) is 18.3. The summed E-state index contributed by atoms with van der Waals surface area (Å²) in [6.07, 6.45) is 0.897. The molecule has 0 spiro atoms. The Morgan fingerprint density at radius 1 is 1.23 bits per heavy atom. The van der Waals surface area contributed by atoms with Crippen molar-refractivity contribution in [3.05, 3.63) is 53.5 Å². The Labute approximate surface area is 151 Å². The van der Waals surface area contributed by atoms with Crippen LogP contribution in [0, 0.1) is 18.7 Å². The second-order valence-electron chi connectivity index (χ2n) is 6.92. The van der Waals surface area contributed by atoms with E-state index in [1.807, 2.05) is 25.1 Å². The van der Waals surface area contributed by atoms with Gasteiger partial charge in [-0.3, -0.25) is 0 Å². The van der Waals surface area contributed by atoms with Gasteiger partial charge in [-0.05, 0) is 56.1 Å². The number of aryl methyl sites for hydroxylation is 1. The summed E-state index contributed by atoms with van der Waals surface area (Å²) < 4.78 is 14.4. The minimum absolute atomic E-state index is 0.0654. The van der Waals surface area contributed by atoms with Crippen molar-refractivity contribution in [1.29, 1.82) is 0 Å². The predicted octanol–water partition coefficient (Wildman–Crippen LogP) is 3.06. The van der Waals surface area contributed by atoms with Crippen molar-refractivity contribution in [2.45, 2.75) is 19.4 Å². The standard InChI is InChI=1S/C20H21FN4O/c1-11-2-4-15-17(6-11)24-20(14-5-3-13(26)8-16(14)21)25-19(15)18-7-12(9-22)10-23-18/h2-6,8,12,18,23,26H,7,9-10,22H2,1H3. The lowest BCUT2D eigenvalue weighted by Gasteiger charge is -2.15. The minimum Gasteiger partial charge on any atom is -0.508 e. The van der Waals surface area contributed by atoms with Crippen molar-refractivity contribution >= 4 is 10.9 Å². The van der Waals surface area contributed by atoms with Crippen LogP contribution in [0.5, 0.6) is 5.75 Å². The van der Waals surface area contributed by atoms with E-state index < -0.39 is 5.82 Å². The van der Waals surface area contributed by atoms with Gasteiger partial charge in [-0.1, -0.05) is 12.1 Å². The van der Waals surface area contributed by atoms with Gasteiger partial charge in [0.05, 0.1) is 22.8 Å². The van der Waals surface area contributed by atoms with Crippen LogP contribution in [-0.4, -0.2) is 28.2 Å². The number of fused-ring (bicyclic) bond motifs is 1. The predicted molar refractivity (Wildman–Crippen MR) is 99.2 cm³/mol. The summed E-state index contributed by atoms with van der Waals surface area (Å²) in [5.41, 5.74) is 8.83. The lowest BCUT2D eigenvalue weighted by Crippen LogP contribution is -2.18. The monoisotopic (exact) mass is 352 g/mol. The summed E-state index contributed by atoms with van der Waals surface area (Å²) in [7, 11) is 0. The summed E-state index contributed by atoms with van der Waals surface area (Å²) in [6.45, 7) is 3.48. The summed E-state index contributed by atoms with van der Waals surface area (Å²) in [5.74, 6) is 0.0754. The van der Waals surface area contributed by atoms with Gasteiger partial charge in [-0.2, -0.15) is 0 Å². The number of hydrogen-bond donors (Lipinski definition) is 3. The van der Waals surface area contributed by atoms with Crippen LogP contribution in [0.1, 0.15) is 23.7 Å². The molecule has 0 bridgehead atoms. The van der Waals surface area contributed by atoms with Gasteiger partial charge >= 0.3 is 0 Å². The molecule has 2 atom stereocenters. The van der Waals surface area contributed by atoms with Crippen LogP contribution >= 0.6 is 0 Å². The number of rotatable bonds is 3. The zero-order valence-electron chi connectivity index (χ0n) is 14.5. The maximum Gasteiger partial charge on any atom is 0.163 e. The first-order chi connectivity index (χ1) is 12.5. The molecular formula is C20H21FN4O. The molecule has 4 N–H and O–H groups in total. The van der Waals surface area contributed by atoms with Crippen molar-refractivity contribution in [2.24, 2.45) is 11.7 Å². The molecule has 26 heavy (non-hydrogen) atoms. The van der Waals surface area contributed by atoms with Gasteiger partial charge in [0.2, 0.25) is 0 Å². The van der Waals surface area contributed by atoms with Crippen LogP contribution in [0.4, 0.5) is 4.39 Å². The molecule has 0 aliphatic carbocycles. The number of nitrogens with zero attached hydrogens (tertiary/aromatic N) is 2. The molecule has 1 aliphatic rings. The van der Waals surface area contributed by atoms with E-state index in [1.54, 1.807) is 0 Å². The lowest BCUT2D eigenvalue weighted by molar-refractivity contribution is 0.469. The number of nitrogens with one attached hydrogen (secondary N) is 1. The Kier molecular flexibility index (Phi) is 4.30. The number of nitrogens with two attached hydrogens (primary N) is 1. The second kappa shape index (κ2) is 6.63. The largest absolute Gasteiger partial charge is 0.508 e.